The predicted octanol–water partition coefficient (Wildman–Crippen LogP) is 0.131. The number of rotatable bonds is 1. The smallest absolute Gasteiger partial charge is 0.0689 e. The molecular formula is C5H4IrN5S-. The van der Waals surface area contributed by atoms with Crippen LogP contribution in [0.15, 0.2) is 5.38 Å². The molecule has 65 valence electrons. The van der Waals surface area contributed by atoms with Crippen LogP contribution in [0.3, 0.4) is 0 Å². The standard InChI is InChI=1S/C5H4N5S.Ir/c1-10-7-5(6-9-10)4-2-3-11-8-4;/h3H,1H3;/q-1;. The van der Waals surface area contributed by atoms with Gasteiger partial charge in [0.2, 0.25) is 0 Å². The van der Waals surface area contributed by atoms with Gasteiger partial charge < -0.3 is 0 Å². The predicted molar refractivity (Wildman–Crippen MR) is 38.7 cm³/mol. The van der Waals surface area contributed by atoms with Crippen molar-refractivity contribution in [2.24, 2.45) is 7.05 Å². The van der Waals surface area contributed by atoms with Crippen molar-refractivity contribution in [3.8, 4) is 11.5 Å². The second-order valence-corrected chi connectivity index (χ2v) is 2.54. The Bertz CT molecular complexity index is 342. The molecule has 0 saturated carbocycles. The van der Waals surface area contributed by atoms with Crippen LogP contribution >= 0.6 is 11.5 Å². The molecule has 2 aromatic rings. The molecule has 0 N–H and O–H groups in total. The monoisotopic (exact) mass is 359 g/mol. The topological polar surface area (TPSA) is 56.5 Å². The average Bonchev–Trinajstić information content (AvgIpc) is 2.55. The van der Waals surface area contributed by atoms with Crippen molar-refractivity contribution in [2.75, 3.05) is 0 Å². The van der Waals surface area contributed by atoms with Crippen molar-refractivity contribution >= 4 is 11.5 Å². The molecule has 0 unspecified atom stereocenters. The molecule has 0 atom stereocenters. The summed E-state index contributed by atoms with van der Waals surface area (Å²) in [5.74, 6) is 0.522. The molecular weight excluding hydrogens is 354 g/mol. The van der Waals surface area contributed by atoms with Crippen LogP contribution in [0.5, 0.6) is 0 Å². The molecule has 0 aromatic carbocycles. The maximum atomic E-state index is 4.01. The molecule has 0 aliphatic heterocycles. The average molecular weight is 358 g/mol. The third-order valence-electron chi connectivity index (χ3n) is 1.11. The molecule has 1 radical (unpaired) electrons. The van der Waals surface area contributed by atoms with Crippen molar-refractivity contribution in [3.05, 3.63) is 11.4 Å². The molecule has 0 aliphatic carbocycles. The van der Waals surface area contributed by atoms with Gasteiger partial charge in [-0.15, -0.1) is 0 Å². The normalized spacial score (nSPS) is 9.42. The van der Waals surface area contributed by atoms with Crippen LogP contribution in [0.25, 0.3) is 11.5 Å². The van der Waals surface area contributed by atoms with Gasteiger partial charge in [-0.1, -0.05) is 22.1 Å². The summed E-state index contributed by atoms with van der Waals surface area (Å²) in [7, 11) is 1.71. The van der Waals surface area contributed by atoms with E-state index in [0.717, 1.165) is 0 Å². The fourth-order valence-electron chi connectivity index (χ4n) is 0.672. The van der Waals surface area contributed by atoms with Crippen LogP contribution in [0.1, 0.15) is 0 Å². The first-order valence-electron chi connectivity index (χ1n) is 2.92. The zero-order chi connectivity index (χ0) is 7.68. The molecule has 0 saturated heterocycles. The van der Waals surface area contributed by atoms with Gasteiger partial charge in [-0.3, -0.25) is 0 Å². The van der Waals surface area contributed by atoms with E-state index in [9.17, 15) is 0 Å². The SMILES string of the molecule is Cn1nnc(-c2[c-]csn2)n1.[Ir]. The van der Waals surface area contributed by atoms with Gasteiger partial charge in [-0.05, 0) is 5.69 Å². The van der Waals surface area contributed by atoms with Gasteiger partial charge in [-0.2, -0.15) is 4.80 Å². The fraction of sp³-hybridized carbons (Fsp3) is 0.200. The Morgan fingerprint density at radius 1 is 1.58 bits per heavy atom. The van der Waals surface area contributed by atoms with Gasteiger partial charge in [0.05, 0.1) is 5.82 Å². The van der Waals surface area contributed by atoms with Crippen molar-refractivity contribution in [3.63, 3.8) is 0 Å². The molecule has 0 spiro atoms. The van der Waals surface area contributed by atoms with Gasteiger partial charge >= 0.3 is 0 Å². The minimum atomic E-state index is 0. The Morgan fingerprint density at radius 2 is 2.42 bits per heavy atom. The van der Waals surface area contributed by atoms with Crippen molar-refractivity contribution in [1.29, 1.82) is 0 Å². The van der Waals surface area contributed by atoms with Crippen molar-refractivity contribution in [1.82, 2.24) is 24.6 Å². The minimum Gasteiger partial charge on any atom is -0.230 e. The summed E-state index contributed by atoms with van der Waals surface area (Å²) in [6.45, 7) is 0. The van der Waals surface area contributed by atoms with E-state index in [2.05, 4.69) is 25.9 Å². The van der Waals surface area contributed by atoms with Crippen LogP contribution in [0.4, 0.5) is 0 Å². The van der Waals surface area contributed by atoms with Crippen LogP contribution in [0.2, 0.25) is 0 Å². The van der Waals surface area contributed by atoms with Gasteiger partial charge in [-0.25, -0.2) is 20.6 Å². The second-order valence-electron chi connectivity index (χ2n) is 1.91. The molecule has 2 aromatic heterocycles. The number of tetrazole rings is 1. The van der Waals surface area contributed by atoms with E-state index in [1.54, 1.807) is 12.4 Å². The Kier molecular flexibility index (Phi) is 3.02. The van der Waals surface area contributed by atoms with Crippen molar-refractivity contribution in [2.45, 2.75) is 0 Å². The third kappa shape index (κ3) is 1.74. The first-order chi connectivity index (χ1) is 5.36. The van der Waals surface area contributed by atoms with Gasteiger partial charge in [0.25, 0.3) is 0 Å². The van der Waals surface area contributed by atoms with Gasteiger partial charge in [0, 0.05) is 27.2 Å². The molecule has 7 heteroatoms. The van der Waals surface area contributed by atoms with E-state index in [-0.39, 0.29) is 20.1 Å². The fourth-order valence-corrected chi connectivity index (χ4v) is 1.13. The maximum Gasteiger partial charge on any atom is 0.0689 e. The van der Waals surface area contributed by atoms with E-state index < -0.39 is 0 Å². The molecule has 0 aliphatic rings. The summed E-state index contributed by atoms with van der Waals surface area (Å²) in [6, 6.07) is 2.90. The third-order valence-corrected chi connectivity index (χ3v) is 1.62. The van der Waals surface area contributed by atoms with E-state index in [4.69, 9.17) is 0 Å². The number of aryl methyl sites for hydroxylation is 1. The van der Waals surface area contributed by atoms with Crippen LogP contribution in [-0.2, 0) is 27.2 Å². The zero-order valence-corrected chi connectivity index (χ0v) is 9.27. The first-order valence-corrected chi connectivity index (χ1v) is 3.76. The Labute approximate surface area is 86.3 Å². The number of hydrogen-bond donors (Lipinski definition) is 0. The summed E-state index contributed by atoms with van der Waals surface area (Å²) in [4.78, 5) is 1.39. The molecule has 2 rings (SSSR count). The number of aromatic nitrogens is 5. The summed E-state index contributed by atoms with van der Waals surface area (Å²) in [5.41, 5.74) is 0.656. The van der Waals surface area contributed by atoms with Crippen LogP contribution in [0, 0.1) is 6.07 Å². The van der Waals surface area contributed by atoms with E-state index in [1.165, 1.54) is 16.3 Å². The summed E-state index contributed by atoms with van der Waals surface area (Å²) in [5, 5.41) is 13.2. The zero-order valence-electron chi connectivity index (χ0n) is 6.05. The summed E-state index contributed by atoms with van der Waals surface area (Å²) < 4.78 is 4.01. The van der Waals surface area contributed by atoms with Crippen LogP contribution < -0.4 is 0 Å². The summed E-state index contributed by atoms with van der Waals surface area (Å²) in [6.07, 6.45) is 0. The van der Waals surface area contributed by atoms with Crippen LogP contribution in [-0.4, -0.2) is 24.6 Å². The molecule has 2 heterocycles. The minimum absolute atomic E-state index is 0. The molecule has 5 nitrogen and oxygen atoms in total. The number of hydrogen-bond acceptors (Lipinski definition) is 5. The molecule has 0 bridgehead atoms. The number of nitrogens with zero attached hydrogens (tertiary/aromatic N) is 5. The molecule has 0 amide bonds. The molecule has 0 fully saturated rings. The Balaban J connectivity index is 0.000000720. The maximum absolute atomic E-state index is 4.01. The van der Waals surface area contributed by atoms with E-state index in [1.807, 2.05) is 0 Å². The second kappa shape index (κ2) is 3.84. The first kappa shape index (κ1) is 9.44. The van der Waals surface area contributed by atoms with E-state index >= 15 is 0 Å². The largest absolute Gasteiger partial charge is 0.230 e. The quantitative estimate of drug-likeness (QED) is 0.680. The van der Waals surface area contributed by atoms with Crippen molar-refractivity contribution < 1.29 is 20.1 Å². The Hall–Kier alpha value is -0.651. The van der Waals surface area contributed by atoms with Gasteiger partial charge in [0.1, 0.15) is 0 Å². The van der Waals surface area contributed by atoms with E-state index in [0.29, 0.717) is 11.5 Å². The van der Waals surface area contributed by atoms with Gasteiger partial charge in [0.15, 0.2) is 0 Å². The Morgan fingerprint density at radius 3 is 2.92 bits per heavy atom. The molecule has 12 heavy (non-hydrogen) atoms. The summed E-state index contributed by atoms with van der Waals surface area (Å²) >= 11 is 1.32.